The lowest BCUT2D eigenvalue weighted by atomic mass is 9.91. The van der Waals surface area contributed by atoms with E-state index in [0.29, 0.717) is 22.7 Å². The van der Waals surface area contributed by atoms with Crippen molar-refractivity contribution in [2.24, 2.45) is 0 Å². The SMILES string of the molecule is C[C@@]1(c2ccc3c(c2)OCO3)NC(=O)N(CC(=O)Nc2ccccc2C#N)C1=O. The van der Waals surface area contributed by atoms with E-state index in [4.69, 9.17) is 14.7 Å². The molecule has 0 radical (unpaired) electrons. The largest absolute Gasteiger partial charge is 0.454 e. The molecule has 29 heavy (non-hydrogen) atoms. The lowest BCUT2D eigenvalue weighted by Gasteiger charge is -2.22. The van der Waals surface area contributed by atoms with Gasteiger partial charge in [0.05, 0.1) is 11.3 Å². The van der Waals surface area contributed by atoms with Gasteiger partial charge in [0, 0.05) is 0 Å². The summed E-state index contributed by atoms with van der Waals surface area (Å²) in [4.78, 5) is 38.7. The highest BCUT2D eigenvalue weighted by atomic mass is 16.7. The van der Waals surface area contributed by atoms with Crippen molar-refractivity contribution in [2.75, 3.05) is 18.7 Å². The van der Waals surface area contributed by atoms with E-state index < -0.39 is 29.9 Å². The Labute approximate surface area is 165 Å². The normalized spacial score (nSPS) is 19.7. The molecule has 2 aromatic carbocycles. The van der Waals surface area contributed by atoms with Crippen LogP contribution in [0.3, 0.4) is 0 Å². The number of carbonyl (C=O) groups excluding carboxylic acids is 3. The van der Waals surface area contributed by atoms with Gasteiger partial charge in [0.1, 0.15) is 18.2 Å². The Bertz CT molecular complexity index is 1080. The molecule has 9 heteroatoms. The van der Waals surface area contributed by atoms with Crippen molar-refractivity contribution >= 4 is 23.5 Å². The maximum absolute atomic E-state index is 13.0. The van der Waals surface area contributed by atoms with Gasteiger partial charge in [-0.3, -0.25) is 14.5 Å². The van der Waals surface area contributed by atoms with Crippen LogP contribution < -0.4 is 20.1 Å². The third-order valence-electron chi connectivity index (χ3n) is 4.85. The molecule has 2 N–H and O–H groups in total. The molecule has 0 unspecified atom stereocenters. The second-order valence-corrected chi connectivity index (χ2v) is 6.72. The number of hydrogen-bond donors (Lipinski definition) is 2. The van der Waals surface area contributed by atoms with Crippen molar-refractivity contribution in [1.82, 2.24) is 10.2 Å². The standard InChI is InChI=1S/C20H16N4O5/c1-20(13-6-7-15-16(8-13)29-11-28-15)18(26)24(19(27)23-20)10-17(25)22-14-5-3-2-4-12(14)9-21/h2-8H,10-11H2,1H3,(H,22,25)(H,23,27)/t20-/m0/s1. The minimum atomic E-state index is -1.34. The topological polar surface area (TPSA) is 121 Å². The number of hydrogen-bond acceptors (Lipinski definition) is 6. The van der Waals surface area contributed by atoms with Gasteiger partial charge in [0.15, 0.2) is 11.5 Å². The first-order valence-electron chi connectivity index (χ1n) is 8.75. The highest BCUT2D eigenvalue weighted by molar-refractivity contribution is 6.10. The van der Waals surface area contributed by atoms with E-state index in [-0.39, 0.29) is 12.4 Å². The molecule has 1 atom stereocenters. The summed E-state index contributed by atoms with van der Waals surface area (Å²) in [5.74, 6) is -0.118. The van der Waals surface area contributed by atoms with Crippen molar-refractivity contribution in [2.45, 2.75) is 12.5 Å². The minimum Gasteiger partial charge on any atom is -0.454 e. The van der Waals surface area contributed by atoms with Gasteiger partial charge in [-0.05, 0) is 36.8 Å². The van der Waals surface area contributed by atoms with Gasteiger partial charge in [-0.15, -0.1) is 0 Å². The summed E-state index contributed by atoms with van der Waals surface area (Å²) >= 11 is 0. The van der Waals surface area contributed by atoms with Gasteiger partial charge in [0.2, 0.25) is 12.7 Å². The molecule has 0 aromatic heterocycles. The monoisotopic (exact) mass is 392 g/mol. The fourth-order valence-electron chi connectivity index (χ4n) is 3.27. The number of imide groups is 1. The zero-order valence-electron chi connectivity index (χ0n) is 15.4. The van der Waals surface area contributed by atoms with Crippen LogP contribution in [0.25, 0.3) is 0 Å². The fraction of sp³-hybridized carbons (Fsp3) is 0.200. The predicted octanol–water partition coefficient (Wildman–Crippen LogP) is 1.69. The number of anilines is 1. The second kappa shape index (κ2) is 6.83. The summed E-state index contributed by atoms with van der Waals surface area (Å²) < 4.78 is 10.6. The molecule has 0 bridgehead atoms. The quantitative estimate of drug-likeness (QED) is 0.764. The van der Waals surface area contributed by atoms with Crippen LogP contribution in [0.5, 0.6) is 11.5 Å². The highest BCUT2D eigenvalue weighted by Gasteiger charge is 2.49. The molecular formula is C20H16N4O5. The first-order valence-corrected chi connectivity index (χ1v) is 8.75. The number of benzene rings is 2. The number of amides is 4. The van der Waals surface area contributed by atoms with E-state index in [9.17, 15) is 14.4 Å². The number of nitriles is 1. The van der Waals surface area contributed by atoms with E-state index in [0.717, 1.165) is 4.90 Å². The molecule has 0 spiro atoms. The number of carbonyl (C=O) groups is 3. The molecule has 4 rings (SSSR count). The Hall–Kier alpha value is -4.06. The maximum Gasteiger partial charge on any atom is 0.325 e. The van der Waals surface area contributed by atoms with E-state index in [1.807, 2.05) is 6.07 Å². The Morgan fingerprint density at radius 3 is 2.79 bits per heavy atom. The lowest BCUT2D eigenvalue weighted by molar-refractivity contribution is -0.133. The van der Waals surface area contributed by atoms with Crippen LogP contribution in [0, 0.1) is 11.3 Å². The number of nitrogens with one attached hydrogen (secondary N) is 2. The zero-order valence-corrected chi connectivity index (χ0v) is 15.4. The van der Waals surface area contributed by atoms with E-state index in [2.05, 4.69) is 10.6 Å². The van der Waals surface area contributed by atoms with Crippen LogP contribution in [0.4, 0.5) is 10.5 Å². The molecule has 2 aliphatic rings. The van der Waals surface area contributed by atoms with Crippen LogP contribution in [0.1, 0.15) is 18.1 Å². The minimum absolute atomic E-state index is 0.0896. The third-order valence-corrected chi connectivity index (χ3v) is 4.85. The van der Waals surface area contributed by atoms with Crippen molar-refractivity contribution in [3.05, 3.63) is 53.6 Å². The summed E-state index contributed by atoms with van der Waals surface area (Å²) in [6.07, 6.45) is 0. The molecular weight excluding hydrogens is 376 g/mol. The molecule has 2 aromatic rings. The average molecular weight is 392 g/mol. The van der Waals surface area contributed by atoms with E-state index >= 15 is 0 Å². The van der Waals surface area contributed by atoms with Gasteiger partial charge in [-0.25, -0.2) is 4.79 Å². The summed E-state index contributed by atoms with van der Waals surface area (Å²) in [6, 6.07) is 12.7. The molecule has 9 nitrogen and oxygen atoms in total. The van der Waals surface area contributed by atoms with Crippen LogP contribution in [-0.2, 0) is 15.1 Å². The summed E-state index contributed by atoms with van der Waals surface area (Å²) in [5, 5.41) is 14.3. The smallest absolute Gasteiger partial charge is 0.325 e. The molecule has 4 amide bonds. The van der Waals surface area contributed by atoms with Crippen molar-refractivity contribution in [1.29, 1.82) is 5.26 Å². The number of fused-ring (bicyclic) bond motifs is 1. The van der Waals surface area contributed by atoms with Crippen LogP contribution in [0.15, 0.2) is 42.5 Å². The second-order valence-electron chi connectivity index (χ2n) is 6.72. The number of para-hydroxylation sites is 1. The van der Waals surface area contributed by atoms with E-state index in [1.165, 1.54) is 0 Å². The van der Waals surface area contributed by atoms with Gasteiger partial charge < -0.3 is 20.1 Å². The van der Waals surface area contributed by atoms with Gasteiger partial charge >= 0.3 is 6.03 Å². The Morgan fingerprint density at radius 1 is 1.24 bits per heavy atom. The molecule has 2 aliphatic heterocycles. The molecule has 1 fully saturated rings. The maximum atomic E-state index is 13.0. The molecule has 1 saturated heterocycles. The highest BCUT2D eigenvalue weighted by Crippen LogP contribution is 2.37. The summed E-state index contributed by atoms with van der Waals surface area (Å²) in [7, 11) is 0. The summed E-state index contributed by atoms with van der Waals surface area (Å²) in [5.41, 5.74) is -0.241. The first kappa shape index (κ1) is 18.3. The Kier molecular flexibility index (Phi) is 4.31. The average Bonchev–Trinajstić information content (AvgIpc) is 3.27. The number of nitrogens with zero attached hydrogens (tertiary/aromatic N) is 2. The van der Waals surface area contributed by atoms with Crippen molar-refractivity contribution in [3.63, 3.8) is 0 Å². The molecule has 0 aliphatic carbocycles. The number of urea groups is 1. The Balaban J connectivity index is 1.52. The van der Waals surface area contributed by atoms with Crippen LogP contribution in [0.2, 0.25) is 0 Å². The summed E-state index contributed by atoms with van der Waals surface area (Å²) in [6.45, 7) is 1.17. The van der Waals surface area contributed by atoms with Crippen LogP contribution >= 0.6 is 0 Å². The first-order chi connectivity index (χ1) is 13.9. The van der Waals surface area contributed by atoms with Gasteiger partial charge in [0.25, 0.3) is 5.91 Å². The molecule has 2 heterocycles. The fourth-order valence-corrected chi connectivity index (χ4v) is 3.27. The lowest BCUT2D eigenvalue weighted by Crippen LogP contribution is -2.42. The van der Waals surface area contributed by atoms with Crippen LogP contribution in [-0.4, -0.2) is 36.1 Å². The number of rotatable bonds is 4. The predicted molar refractivity (Wildman–Crippen MR) is 99.9 cm³/mol. The van der Waals surface area contributed by atoms with Gasteiger partial charge in [-0.2, -0.15) is 5.26 Å². The zero-order chi connectivity index (χ0) is 20.6. The van der Waals surface area contributed by atoms with Crippen molar-refractivity contribution in [3.8, 4) is 17.6 Å². The Morgan fingerprint density at radius 2 is 2.00 bits per heavy atom. The third kappa shape index (κ3) is 3.10. The molecule has 146 valence electrons. The van der Waals surface area contributed by atoms with E-state index in [1.54, 1.807) is 49.4 Å². The number of ether oxygens (including phenoxy) is 2. The van der Waals surface area contributed by atoms with Gasteiger partial charge in [-0.1, -0.05) is 18.2 Å². The van der Waals surface area contributed by atoms with Crippen molar-refractivity contribution < 1.29 is 23.9 Å². The molecule has 0 saturated carbocycles.